The van der Waals surface area contributed by atoms with Crippen molar-refractivity contribution in [1.29, 1.82) is 0 Å². The quantitative estimate of drug-likeness (QED) is 0.901. The van der Waals surface area contributed by atoms with E-state index < -0.39 is 0 Å². The van der Waals surface area contributed by atoms with Crippen LogP contribution >= 0.6 is 12.4 Å². The molecule has 3 rings (SSSR count). The minimum atomic E-state index is -0.221. The van der Waals surface area contributed by atoms with Gasteiger partial charge in [-0.2, -0.15) is 0 Å². The second-order valence-electron chi connectivity index (χ2n) is 6.60. The van der Waals surface area contributed by atoms with Gasteiger partial charge in [-0.15, -0.1) is 12.4 Å². The molecule has 0 aliphatic carbocycles. The zero-order valence-electron chi connectivity index (χ0n) is 14.1. The number of halogens is 1. The molecular weight excluding hydrogens is 326 g/mol. The van der Waals surface area contributed by atoms with E-state index in [0.29, 0.717) is 19.5 Å². The molecular formula is C18H26ClN3O2. The molecule has 2 saturated heterocycles. The van der Waals surface area contributed by atoms with Crippen molar-refractivity contribution in [3.8, 4) is 0 Å². The maximum Gasteiger partial charge on any atom is 0.228 e. The van der Waals surface area contributed by atoms with E-state index in [1.165, 1.54) is 0 Å². The third-order valence-corrected chi connectivity index (χ3v) is 5.19. The standard InChI is InChI=1S/C18H25N3O2.ClH/c1-13(14-6-3-2-4-7-14)21-12-15(10-17(21)22)18(23)20-9-5-8-16(20)11-19;/h2-4,6-7,13,15-16H,5,8-12,19H2,1H3;1H. The highest BCUT2D eigenvalue weighted by Crippen LogP contribution is 2.30. The fourth-order valence-corrected chi connectivity index (χ4v) is 3.79. The number of benzene rings is 1. The van der Waals surface area contributed by atoms with Crippen LogP contribution < -0.4 is 5.73 Å². The van der Waals surface area contributed by atoms with Crippen LogP contribution in [0.3, 0.4) is 0 Å². The Morgan fingerprint density at radius 3 is 2.71 bits per heavy atom. The summed E-state index contributed by atoms with van der Waals surface area (Å²) in [6, 6.07) is 10.1. The number of rotatable bonds is 4. The molecule has 2 N–H and O–H groups in total. The van der Waals surface area contributed by atoms with E-state index in [1.54, 1.807) is 0 Å². The van der Waals surface area contributed by atoms with Gasteiger partial charge in [0.05, 0.1) is 12.0 Å². The van der Waals surface area contributed by atoms with E-state index in [1.807, 2.05) is 47.1 Å². The summed E-state index contributed by atoms with van der Waals surface area (Å²) in [5.41, 5.74) is 6.87. The maximum atomic E-state index is 12.8. The number of nitrogens with zero attached hydrogens (tertiary/aromatic N) is 2. The van der Waals surface area contributed by atoms with Gasteiger partial charge < -0.3 is 15.5 Å². The number of amides is 2. The van der Waals surface area contributed by atoms with Crippen molar-refractivity contribution in [2.24, 2.45) is 11.7 Å². The molecule has 1 aromatic rings. The first kappa shape index (κ1) is 18.7. The largest absolute Gasteiger partial charge is 0.338 e. The van der Waals surface area contributed by atoms with Gasteiger partial charge in [-0.25, -0.2) is 0 Å². The van der Waals surface area contributed by atoms with Crippen LogP contribution in [-0.2, 0) is 9.59 Å². The smallest absolute Gasteiger partial charge is 0.228 e. The fourth-order valence-electron chi connectivity index (χ4n) is 3.79. The summed E-state index contributed by atoms with van der Waals surface area (Å²) >= 11 is 0. The van der Waals surface area contributed by atoms with E-state index in [9.17, 15) is 9.59 Å². The number of carbonyl (C=O) groups is 2. The number of nitrogens with two attached hydrogens (primary N) is 1. The molecule has 3 unspecified atom stereocenters. The van der Waals surface area contributed by atoms with Crippen LogP contribution in [0.25, 0.3) is 0 Å². The number of carbonyl (C=O) groups excluding carboxylic acids is 2. The van der Waals surface area contributed by atoms with Gasteiger partial charge >= 0.3 is 0 Å². The third kappa shape index (κ3) is 3.57. The molecule has 0 bridgehead atoms. The normalized spacial score (nSPS) is 24.8. The highest BCUT2D eigenvalue weighted by atomic mass is 35.5. The van der Waals surface area contributed by atoms with Gasteiger partial charge in [0, 0.05) is 32.1 Å². The Morgan fingerprint density at radius 2 is 2.04 bits per heavy atom. The molecule has 5 nitrogen and oxygen atoms in total. The predicted octanol–water partition coefficient (Wildman–Crippen LogP) is 1.97. The molecule has 2 aliphatic rings. The minimum Gasteiger partial charge on any atom is -0.338 e. The third-order valence-electron chi connectivity index (χ3n) is 5.19. The van der Waals surface area contributed by atoms with Gasteiger partial charge in [-0.3, -0.25) is 9.59 Å². The van der Waals surface area contributed by atoms with Crippen LogP contribution in [0.5, 0.6) is 0 Å². The SMILES string of the molecule is CC(c1ccccc1)N1CC(C(=O)N2CCCC2CN)CC1=O.Cl. The zero-order valence-corrected chi connectivity index (χ0v) is 14.9. The number of hydrogen-bond acceptors (Lipinski definition) is 3. The molecule has 2 aliphatic heterocycles. The Kier molecular flexibility index (Phi) is 6.24. The van der Waals surface area contributed by atoms with Gasteiger partial charge in [0.15, 0.2) is 0 Å². The number of hydrogen-bond donors (Lipinski definition) is 1. The van der Waals surface area contributed by atoms with Crippen LogP contribution in [0.4, 0.5) is 0 Å². The molecule has 6 heteroatoms. The average molecular weight is 352 g/mol. The molecule has 2 amide bonds. The summed E-state index contributed by atoms with van der Waals surface area (Å²) in [6.07, 6.45) is 2.31. The zero-order chi connectivity index (χ0) is 16.4. The van der Waals surface area contributed by atoms with E-state index in [0.717, 1.165) is 24.9 Å². The lowest BCUT2D eigenvalue weighted by Gasteiger charge is -2.28. The molecule has 2 heterocycles. The Labute approximate surface area is 149 Å². The van der Waals surface area contributed by atoms with Gasteiger partial charge in [0.2, 0.25) is 11.8 Å². The summed E-state index contributed by atoms with van der Waals surface area (Å²) in [4.78, 5) is 28.9. The van der Waals surface area contributed by atoms with E-state index in [4.69, 9.17) is 5.73 Å². The van der Waals surface area contributed by atoms with E-state index in [-0.39, 0.29) is 42.2 Å². The monoisotopic (exact) mass is 351 g/mol. The fraction of sp³-hybridized carbons (Fsp3) is 0.556. The van der Waals surface area contributed by atoms with Gasteiger partial charge in [0.25, 0.3) is 0 Å². The number of likely N-dealkylation sites (tertiary alicyclic amines) is 2. The second kappa shape index (κ2) is 7.99. The molecule has 2 fully saturated rings. The van der Waals surface area contributed by atoms with Crippen LogP contribution in [0.1, 0.15) is 37.8 Å². The van der Waals surface area contributed by atoms with E-state index >= 15 is 0 Å². The van der Waals surface area contributed by atoms with Gasteiger partial charge in [-0.1, -0.05) is 30.3 Å². The summed E-state index contributed by atoms with van der Waals surface area (Å²) in [6.45, 7) is 3.83. The average Bonchev–Trinajstić information content (AvgIpc) is 3.20. The minimum absolute atomic E-state index is 0. The lowest BCUT2D eigenvalue weighted by molar-refractivity contribution is -0.136. The highest BCUT2D eigenvalue weighted by Gasteiger charge is 2.40. The maximum absolute atomic E-state index is 12.8. The van der Waals surface area contributed by atoms with Gasteiger partial charge in [-0.05, 0) is 25.3 Å². The van der Waals surface area contributed by atoms with Crippen LogP contribution in [0.2, 0.25) is 0 Å². The first-order valence-electron chi connectivity index (χ1n) is 8.46. The predicted molar refractivity (Wildman–Crippen MR) is 95.7 cm³/mol. The van der Waals surface area contributed by atoms with Crippen molar-refractivity contribution >= 4 is 24.2 Å². The summed E-state index contributed by atoms with van der Waals surface area (Å²) < 4.78 is 0. The van der Waals surface area contributed by atoms with Crippen molar-refractivity contribution in [3.63, 3.8) is 0 Å². The molecule has 1 aromatic carbocycles. The lowest BCUT2D eigenvalue weighted by atomic mass is 10.1. The van der Waals surface area contributed by atoms with Crippen molar-refractivity contribution in [2.75, 3.05) is 19.6 Å². The van der Waals surface area contributed by atoms with Crippen LogP contribution in [-0.4, -0.2) is 47.3 Å². The topological polar surface area (TPSA) is 66.6 Å². The Balaban J connectivity index is 0.00000208. The summed E-state index contributed by atoms with van der Waals surface area (Å²) in [7, 11) is 0. The Bertz CT molecular complexity index is 581. The summed E-state index contributed by atoms with van der Waals surface area (Å²) in [5.74, 6) is -0.0435. The molecule has 3 atom stereocenters. The Hall–Kier alpha value is -1.59. The molecule has 132 valence electrons. The summed E-state index contributed by atoms with van der Waals surface area (Å²) in [5, 5.41) is 0. The van der Waals surface area contributed by atoms with Crippen molar-refractivity contribution in [2.45, 2.75) is 38.3 Å². The molecule has 0 radical (unpaired) electrons. The molecule has 0 aromatic heterocycles. The van der Waals surface area contributed by atoms with Gasteiger partial charge in [0.1, 0.15) is 0 Å². The van der Waals surface area contributed by atoms with Crippen molar-refractivity contribution in [1.82, 2.24) is 9.80 Å². The first-order chi connectivity index (χ1) is 11.1. The van der Waals surface area contributed by atoms with Crippen LogP contribution in [0, 0.1) is 5.92 Å². The van der Waals surface area contributed by atoms with E-state index in [2.05, 4.69) is 0 Å². The van der Waals surface area contributed by atoms with Crippen LogP contribution in [0.15, 0.2) is 30.3 Å². The Morgan fingerprint density at radius 1 is 1.33 bits per heavy atom. The van der Waals surface area contributed by atoms with Crippen molar-refractivity contribution < 1.29 is 9.59 Å². The second-order valence-corrected chi connectivity index (χ2v) is 6.60. The highest BCUT2D eigenvalue weighted by molar-refractivity contribution is 5.89. The molecule has 24 heavy (non-hydrogen) atoms. The first-order valence-corrected chi connectivity index (χ1v) is 8.46. The molecule has 0 saturated carbocycles. The molecule has 0 spiro atoms. The van der Waals surface area contributed by atoms with Crippen molar-refractivity contribution in [3.05, 3.63) is 35.9 Å². The lowest BCUT2D eigenvalue weighted by Crippen LogP contribution is -2.43.